The van der Waals surface area contributed by atoms with Gasteiger partial charge >= 0.3 is 0 Å². The van der Waals surface area contributed by atoms with Gasteiger partial charge in [0.05, 0.1) is 11.9 Å². The third-order valence-corrected chi connectivity index (χ3v) is 5.17. The highest BCUT2D eigenvalue weighted by Crippen LogP contribution is 2.13. The van der Waals surface area contributed by atoms with Crippen LogP contribution in [0.2, 0.25) is 0 Å². The van der Waals surface area contributed by atoms with Crippen LogP contribution in [0.15, 0.2) is 58.9 Å². The van der Waals surface area contributed by atoms with E-state index in [9.17, 15) is 0 Å². The van der Waals surface area contributed by atoms with E-state index in [1.54, 1.807) is 12.5 Å². The highest BCUT2D eigenvalue weighted by Gasteiger charge is 2.17. The van der Waals surface area contributed by atoms with Crippen molar-refractivity contribution in [3.63, 3.8) is 0 Å². The predicted molar refractivity (Wildman–Crippen MR) is 142 cm³/mol. The molecule has 0 N–H and O–H groups in total. The summed E-state index contributed by atoms with van der Waals surface area (Å²) < 4.78 is 10.6. The molecule has 0 saturated heterocycles. The number of hydrogen-bond acceptors (Lipinski definition) is 5. The minimum atomic E-state index is 0.412. The highest BCUT2D eigenvalue weighted by atomic mass is 16.3. The smallest absolute Gasteiger partial charge is 0.193 e. The van der Waals surface area contributed by atoms with Crippen LogP contribution in [0, 0.1) is 12.8 Å². The first-order chi connectivity index (χ1) is 16.4. The molecule has 4 heterocycles. The standard InChI is InChI=1S/C7H12N2.C7H13N2.C7H11NO.C6H10N2/c1-6(2)7-4-8-9(3)5-7;1-6(2)7-4-5-9(3)8-7;1-5(2)7-4-9-6(3)8-7;1-6(2)8-5-3-4-7-8/h4-6H,1-3H3;4-7H,1-3H3;4-5H,1-3H3;3-6H,1-2H3/q;+1;;. The van der Waals surface area contributed by atoms with Crippen molar-refractivity contribution in [2.75, 3.05) is 7.05 Å². The third-order valence-electron chi connectivity index (χ3n) is 5.17. The van der Waals surface area contributed by atoms with Crippen molar-refractivity contribution in [1.82, 2.24) is 24.5 Å². The summed E-state index contributed by atoms with van der Waals surface area (Å²) in [6, 6.07) is 2.83. The summed E-state index contributed by atoms with van der Waals surface area (Å²) in [7, 11) is 3.89. The molecule has 0 saturated carbocycles. The van der Waals surface area contributed by atoms with Crippen molar-refractivity contribution in [2.24, 2.45) is 18.1 Å². The first-order valence-electron chi connectivity index (χ1n) is 12.4. The molecule has 0 bridgehead atoms. The number of rotatable bonds is 4. The van der Waals surface area contributed by atoms with Crippen LogP contribution in [-0.4, -0.2) is 42.3 Å². The lowest BCUT2D eigenvalue weighted by atomic mass is 10.1. The van der Waals surface area contributed by atoms with Crippen LogP contribution in [0.4, 0.5) is 0 Å². The predicted octanol–water partition coefficient (Wildman–Crippen LogP) is 6.75. The molecule has 8 nitrogen and oxygen atoms in total. The van der Waals surface area contributed by atoms with Gasteiger partial charge in [0, 0.05) is 44.7 Å². The lowest BCUT2D eigenvalue weighted by Gasteiger charge is -2.01. The second-order valence-corrected chi connectivity index (χ2v) is 9.89. The van der Waals surface area contributed by atoms with E-state index in [0.717, 1.165) is 11.6 Å². The molecule has 3 aromatic rings. The van der Waals surface area contributed by atoms with Crippen LogP contribution in [0.5, 0.6) is 0 Å². The fourth-order valence-electron chi connectivity index (χ4n) is 2.83. The van der Waals surface area contributed by atoms with Crippen LogP contribution >= 0.6 is 0 Å². The lowest BCUT2D eigenvalue weighted by molar-refractivity contribution is -0.494. The van der Waals surface area contributed by atoms with Crippen LogP contribution < -0.4 is 0 Å². The number of nitrogens with zero attached hydrogens (tertiary/aromatic N) is 7. The summed E-state index contributed by atoms with van der Waals surface area (Å²) in [5.41, 5.74) is 2.34. The summed E-state index contributed by atoms with van der Waals surface area (Å²) in [4.78, 5) is 4.14. The van der Waals surface area contributed by atoms with Gasteiger partial charge in [-0.05, 0) is 48.3 Å². The van der Waals surface area contributed by atoms with E-state index < -0.39 is 0 Å². The largest absolute Gasteiger partial charge is 0.449 e. The first kappa shape index (κ1) is 30.0. The zero-order chi connectivity index (χ0) is 26.5. The van der Waals surface area contributed by atoms with E-state index >= 15 is 0 Å². The van der Waals surface area contributed by atoms with Gasteiger partial charge in [-0.15, -0.1) is 0 Å². The van der Waals surface area contributed by atoms with E-state index in [2.05, 4.69) is 81.8 Å². The maximum absolute atomic E-state index is 5.01. The van der Waals surface area contributed by atoms with Gasteiger partial charge in [0.2, 0.25) is 0 Å². The van der Waals surface area contributed by atoms with E-state index in [1.165, 1.54) is 5.56 Å². The Labute approximate surface area is 211 Å². The molecular weight excluding hydrogens is 438 g/mol. The van der Waals surface area contributed by atoms with Gasteiger partial charge in [-0.25, -0.2) is 4.98 Å². The van der Waals surface area contributed by atoms with Crippen molar-refractivity contribution in [1.29, 1.82) is 0 Å². The van der Waals surface area contributed by atoms with Gasteiger partial charge in [0.15, 0.2) is 19.1 Å². The zero-order valence-corrected chi connectivity index (χ0v) is 23.5. The summed E-state index contributed by atoms with van der Waals surface area (Å²) >= 11 is 0. The normalized spacial score (nSPS) is 14.4. The number of azo groups is 2. The Bertz CT molecular complexity index is 964. The van der Waals surface area contributed by atoms with Gasteiger partial charge in [0.1, 0.15) is 12.3 Å². The number of hydrogen-bond donors (Lipinski definition) is 0. The first-order valence-corrected chi connectivity index (χ1v) is 12.4. The summed E-state index contributed by atoms with van der Waals surface area (Å²) in [6.07, 6.45) is 13.6. The molecular formula is C27H46N7O+. The van der Waals surface area contributed by atoms with Crippen LogP contribution in [0.25, 0.3) is 0 Å². The van der Waals surface area contributed by atoms with Crippen molar-refractivity contribution in [3.05, 3.63) is 66.5 Å². The Hall–Kier alpha value is -3.03. The topological polar surface area (TPSA) is 77.0 Å². The summed E-state index contributed by atoms with van der Waals surface area (Å²) in [5, 5.41) is 12.4. The maximum Gasteiger partial charge on any atom is 0.193 e. The van der Waals surface area contributed by atoms with Crippen molar-refractivity contribution >= 4 is 0 Å². The Morgan fingerprint density at radius 3 is 1.91 bits per heavy atom. The average molecular weight is 485 g/mol. The highest BCUT2D eigenvalue weighted by molar-refractivity contribution is 5.08. The molecule has 35 heavy (non-hydrogen) atoms. The van der Waals surface area contributed by atoms with E-state index in [0.29, 0.717) is 29.8 Å². The second kappa shape index (κ2) is 15.1. The minimum absolute atomic E-state index is 0.412. The number of oxazole rings is 1. The number of aryl methyl sites for hydroxylation is 2. The Morgan fingerprint density at radius 1 is 1.00 bits per heavy atom. The molecule has 0 aliphatic carbocycles. The average Bonchev–Trinajstić information content (AvgIpc) is 3.57. The van der Waals surface area contributed by atoms with Crippen LogP contribution in [-0.2, 0) is 7.05 Å². The van der Waals surface area contributed by atoms with Gasteiger partial charge in [-0.3, -0.25) is 9.36 Å². The molecule has 0 radical (unpaired) electrons. The molecule has 8 heteroatoms. The van der Waals surface area contributed by atoms with Crippen LogP contribution in [0.3, 0.4) is 0 Å². The van der Waals surface area contributed by atoms with Crippen LogP contribution in [0.1, 0.15) is 90.4 Å². The lowest BCUT2D eigenvalue weighted by Crippen LogP contribution is -2.06. The van der Waals surface area contributed by atoms with Crippen molar-refractivity contribution in [2.45, 2.75) is 86.2 Å². The van der Waals surface area contributed by atoms with Gasteiger partial charge in [0.25, 0.3) is 0 Å². The molecule has 1 aliphatic rings. The van der Waals surface area contributed by atoms with Gasteiger partial charge in [-0.2, -0.15) is 10.2 Å². The molecule has 0 amide bonds. The molecule has 3 aromatic heterocycles. The fraction of sp³-hybridized carbons (Fsp3) is 0.593. The second-order valence-electron chi connectivity index (χ2n) is 9.89. The third kappa shape index (κ3) is 11.8. The zero-order valence-electron chi connectivity index (χ0n) is 23.5. The Kier molecular flexibility index (Phi) is 12.9. The summed E-state index contributed by atoms with van der Waals surface area (Å²) in [6.45, 7) is 18.9. The summed E-state index contributed by atoms with van der Waals surface area (Å²) in [5.74, 6) is 2.45. The van der Waals surface area contributed by atoms with Gasteiger partial charge in [-0.1, -0.05) is 46.2 Å². The Balaban J connectivity index is 0.000000234. The quantitative estimate of drug-likeness (QED) is 0.384. The molecule has 1 unspecified atom stereocenters. The van der Waals surface area contributed by atoms with Gasteiger partial charge < -0.3 is 4.42 Å². The van der Waals surface area contributed by atoms with E-state index in [1.807, 2.05) is 65.9 Å². The SMILES string of the molecule is CC(C)C1C=C[N+](C)=N1.CC(C)c1cnn(C)c1.CC(C)n1cccn1.Cc1nc(C(C)C)co1. The molecule has 0 fully saturated rings. The molecule has 1 atom stereocenters. The fourth-order valence-corrected chi connectivity index (χ4v) is 2.83. The molecule has 4 rings (SSSR count). The molecule has 194 valence electrons. The maximum atomic E-state index is 5.01. The number of aromatic nitrogens is 5. The Morgan fingerprint density at radius 2 is 1.69 bits per heavy atom. The van der Waals surface area contributed by atoms with Crippen molar-refractivity contribution < 1.29 is 9.11 Å². The molecule has 0 aromatic carbocycles. The van der Waals surface area contributed by atoms with Crippen molar-refractivity contribution in [3.8, 4) is 0 Å². The molecule has 0 spiro atoms. The monoisotopic (exact) mass is 484 g/mol. The van der Waals surface area contributed by atoms with E-state index in [4.69, 9.17) is 4.42 Å². The molecule has 1 aliphatic heterocycles. The van der Waals surface area contributed by atoms with E-state index in [-0.39, 0.29) is 0 Å². The minimum Gasteiger partial charge on any atom is -0.449 e.